The van der Waals surface area contributed by atoms with E-state index in [9.17, 15) is 4.39 Å². The molecule has 3 rings (SSSR count). The highest BCUT2D eigenvalue weighted by Gasteiger charge is 2.20. The summed E-state index contributed by atoms with van der Waals surface area (Å²) >= 11 is 3.55. The van der Waals surface area contributed by atoms with Gasteiger partial charge in [-0.05, 0) is 64.2 Å². The van der Waals surface area contributed by atoms with Gasteiger partial charge in [0.15, 0.2) is 11.5 Å². The van der Waals surface area contributed by atoms with Gasteiger partial charge in [-0.2, -0.15) is 0 Å². The lowest BCUT2D eigenvalue weighted by molar-refractivity contribution is 0.282. The Morgan fingerprint density at radius 2 is 1.88 bits per heavy atom. The maximum Gasteiger partial charge on any atom is 0.175 e. The van der Waals surface area contributed by atoms with Gasteiger partial charge in [0.2, 0.25) is 0 Å². The molecular weight excluding hydrogens is 397 g/mol. The number of benzene rings is 2. The summed E-state index contributed by atoms with van der Waals surface area (Å²) in [6, 6.07) is 11.0. The molecule has 0 spiro atoms. The molecule has 1 aliphatic rings. The third kappa shape index (κ3) is 5.10. The molecule has 0 unspecified atom stereocenters. The van der Waals surface area contributed by atoms with E-state index >= 15 is 0 Å². The van der Waals surface area contributed by atoms with Crippen LogP contribution in [0.5, 0.6) is 11.5 Å². The molecule has 6 heteroatoms. The van der Waals surface area contributed by atoms with Crippen molar-refractivity contribution in [3.63, 3.8) is 0 Å². The zero-order valence-electron chi connectivity index (χ0n) is 13.4. The smallest absolute Gasteiger partial charge is 0.175 e. The zero-order valence-corrected chi connectivity index (χ0v) is 15.8. The first-order chi connectivity index (χ1) is 11.2. The second-order valence-corrected chi connectivity index (χ2v) is 6.53. The third-order valence-corrected chi connectivity index (χ3v) is 4.35. The molecular formula is C18H20BrClFNO2. The van der Waals surface area contributed by atoms with E-state index in [4.69, 9.17) is 9.47 Å². The monoisotopic (exact) mass is 415 g/mol. The van der Waals surface area contributed by atoms with Gasteiger partial charge in [0, 0.05) is 12.6 Å². The van der Waals surface area contributed by atoms with Crippen LogP contribution < -0.4 is 14.8 Å². The van der Waals surface area contributed by atoms with Crippen LogP contribution in [0.2, 0.25) is 0 Å². The van der Waals surface area contributed by atoms with Crippen LogP contribution in [0.3, 0.4) is 0 Å². The van der Waals surface area contributed by atoms with Gasteiger partial charge in [-0.3, -0.25) is 0 Å². The van der Waals surface area contributed by atoms with E-state index in [2.05, 4.69) is 21.2 Å². The van der Waals surface area contributed by atoms with Crippen LogP contribution in [0.4, 0.5) is 4.39 Å². The van der Waals surface area contributed by atoms with Crippen LogP contribution >= 0.6 is 28.3 Å². The standard InChI is InChI=1S/C18H19BrFNO2.ClH/c1-22-17-9-13(10-21-15-6-7-15)8-16(19)18(17)23-11-12-2-4-14(20)5-3-12;/h2-5,8-9,15,21H,6-7,10-11H2,1H3;1H. The Kier molecular flexibility index (Phi) is 6.90. The summed E-state index contributed by atoms with van der Waals surface area (Å²) in [5.74, 6) is 1.10. The fraction of sp³-hybridized carbons (Fsp3) is 0.333. The Balaban J connectivity index is 0.00000208. The van der Waals surface area contributed by atoms with E-state index in [0.717, 1.165) is 22.1 Å². The summed E-state index contributed by atoms with van der Waals surface area (Å²) in [6.45, 7) is 1.17. The lowest BCUT2D eigenvalue weighted by Crippen LogP contribution is -2.15. The van der Waals surface area contributed by atoms with Gasteiger partial charge < -0.3 is 14.8 Å². The highest BCUT2D eigenvalue weighted by atomic mass is 79.9. The van der Waals surface area contributed by atoms with Crippen molar-refractivity contribution in [3.05, 3.63) is 57.8 Å². The van der Waals surface area contributed by atoms with Crippen molar-refractivity contribution in [3.8, 4) is 11.5 Å². The first-order valence-electron chi connectivity index (χ1n) is 7.63. The second-order valence-electron chi connectivity index (χ2n) is 5.68. The molecule has 1 saturated carbocycles. The number of ether oxygens (including phenoxy) is 2. The number of methoxy groups -OCH3 is 1. The minimum atomic E-state index is -0.250. The molecule has 0 amide bonds. The van der Waals surface area contributed by atoms with Crippen LogP contribution in [-0.4, -0.2) is 13.2 Å². The van der Waals surface area contributed by atoms with E-state index in [1.807, 2.05) is 12.1 Å². The predicted octanol–water partition coefficient (Wildman–Crippen LogP) is 4.85. The molecule has 2 aromatic rings. The Hall–Kier alpha value is -1.30. The fourth-order valence-corrected chi connectivity index (χ4v) is 2.91. The molecule has 0 heterocycles. The summed E-state index contributed by atoms with van der Waals surface area (Å²) < 4.78 is 25.1. The van der Waals surface area contributed by atoms with Gasteiger partial charge in [-0.15, -0.1) is 12.4 Å². The molecule has 0 aliphatic heterocycles. The van der Waals surface area contributed by atoms with Gasteiger partial charge >= 0.3 is 0 Å². The van der Waals surface area contributed by atoms with E-state index in [1.54, 1.807) is 19.2 Å². The van der Waals surface area contributed by atoms with Gasteiger partial charge in [0.05, 0.1) is 11.6 Å². The molecule has 2 aromatic carbocycles. The largest absolute Gasteiger partial charge is 0.493 e. The average molecular weight is 417 g/mol. The van der Waals surface area contributed by atoms with Crippen LogP contribution in [-0.2, 0) is 13.2 Å². The average Bonchev–Trinajstić information content (AvgIpc) is 3.37. The number of rotatable bonds is 7. The topological polar surface area (TPSA) is 30.5 Å². The van der Waals surface area contributed by atoms with E-state index in [-0.39, 0.29) is 18.2 Å². The maximum atomic E-state index is 12.9. The lowest BCUT2D eigenvalue weighted by Gasteiger charge is -2.15. The molecule has 0 atom stereocenters. The van der Waals surface area contributed by atoms with E-state index in [0.29, 0.717) is 24.1 Å². The minimum Gasteiger partial charge on any atom is -0.493 e. The van der Waals surface area contributed by atoms with Crippen LogP contribution in [0.1, 0.15) is 24.0 Å². The van der Waals surface area contributed by atoms with Crippen molar-refractivity contribution in [2.45, 2.75) is 32.0 Å². The highest BCUT2D eigenvalue weighted by molar-refractivity contribution is 9.10. The van der Waals surface area contributed by atoms with Crippen molar-refractivity contribution in [2.75, 3.05) is 7.11 Å². The highest BCUT2D eigenvalue weighted by Crippen LogP contribution is 2.37. The summed E-state index contributed by atoms with van der Waals surface area (Å²) in [6.07, 6.45) is 2.52. The van der Waals surface area contributed by atoms with Crippen LogP contribution in [0, 0.1) is 5.82 Å². The summed E-state index contributed by atoms with van der Waals surface area (Å²) in [5.41, 5.74) is 2.05. The van der Waals surface area contributed by atoms with Crippen molar-refractivity contribution < 1.29 is 13.9 Å². The molecule has 3 nitrogen and oxygen atoms in total. The minimum absolute atomic E-state index is 0. The molecule has 24 heavy (non-hydrogen) atoms. The normalized spacial score (nSPS) is 13.3. The predicted molar refractivity (Wildman–Crippen MR) is 98.5 cm³/mol. The maximum absolute atomic E-state index is 12.9. The molecule has 1 N–H and O–H groups in total. The molecule has 130 valence electrons. The van der Waals surface area contributed by atoms with Gasteiger partial charge in [0.1, 0.15) is 12.4 Å². The Morgan fingerprint density at radius 3 is 2.50 bits per heavy atom. The Morgan fingerprint density at radius 1 is 1.17 bits per heavy atom. The Labute approximate surface area is 156 Å². The number of hydrogen-bond acceptors (Lipinski definition) is 3. The number of halogens is 3. The van der Waals surface area contributed by atoms with E-state index in [1.165, 1.54) is 25.0 Å². The van der Waals surface area contributed by atoms with Gasteiger partial charge in [-0.1, -0.05) is 12.1 Å². The summed E-state index contributed by atoms with van der Waals surface area (Å²) in [4.78, 5) is 0. The quantitative estimate of drug-likeness (QED) is 0.700. The molecule has 0 radical (unpaired) electrons. The summed E-state index contributed by atoms with van der Waals surface area (Å²) in [7, 11) is 1.63. The third-order valence-electron chi connectivity index (χ3n) is 3.76. The van der Waals surface area contributed by atoms with Crippen molar-refractivity contribution in [1.82, 2.24) is 5.32 Å². The second kappa shape index (κ2) is 8.70. The molecule has 0 aromatic heterocycles. The molecule has 0 bridgehead atoms. The van der Waals surface area contributed by atoms with Crippen LogP contribution in [0.25, 0.3) is 0 Å². The van der Waals surface area contributed by atoms with Gasteiger partial charge in [-0.25, -0.2) is 4.39 Å². The van der Waals surface area contributed by atoms with Crippen molar-refractivity contribution in [1.29, 1.82) is 0 Å². The van der Waals surface area contributed by atoms with Crippen LogP contribution in [0.15, 0.2) is 40.9 Å². The molecule has 1 fully saturated rings. The first-order valence-corrected chi connectivity index (χ1v) is 8.42. The lowest BCUT2D eigenvalue weighted by atomic mass is 10.2. The van der Waals surface area contributed by atoms with Gasteiger partial charge in [0.25, 0.3) is 0 Å². The SMILES string of the molecule is COc1cc(CNC2CC2)cc(Br)c1OCc1ccc(F)cc1.Cl. The molecule has 0 saturated heterocycles. The fourth-order valence-electron chi connectivity index (χ4n) is 2.30. The number of hydrogen-bond donors (Lipinski definition) is 1. The van der Waals surface area contributed by atoms with E-state index < -0.39 is 0 Å². The van der Waals surface area contributed by atoms with Crippen molar-refractivity contribution >= 4 is 28.3 Å². The first kappa shape index (κ1) is 19.0. The molecule has 1 aliphatic carbocycles. The number of nitrogens with one attached hydrogen (secondary N) is 1. The van der Waals surface area contributed by atoms with Crippen molar-refractivity contribution in [2.24, 2.45) is 0 Å². The summed E-state index contributed by atoms with van der Waals surface area (Å²) in [5, 5.41) is 3.48. The zero-order chi connectivity index (χ0) is 16.2. The Bertz CT molecular complexity index is 677.